The fraction of sp³-hybridized carbons (Fsp3) is 0.474. The van der Waals surface area contributed by atoms with E-state index >= 15 is 0 Å². The fourth-order valence-corrected chi connectivity index (χ4v) is 2.82. The second kappa shape index (κ2) is 7.80. The normalized spacial score (nSPS) is 27.4. The predicted molar refractivity (Wildman–Crippen MR) is 90.9 cm³/mol. The lowest BCUT2D eigenvalue weighted by atomic mass is 9.85. The van der Waals surface area contributed by atoms with Crippen molar-refractivity contribution in [3.05, 3.63) is 48.0 Å². The van der Waals surface area contributed by atoms with E-state index in [-0.39, 0.29) is 18.4 Å². The van der Waals surface area contributed by atoms with Crippen LogP contribution in [0.25, 0.3) is 0 Å². The Morgan fingerprint density at radius 1 is 1.24 bits per heavy atom. The van der Waals surface area contributed by atoms with Crippen molar-refractivity contribution >= 4 is 11.9 Å². The average Bonchev–Trinajstić information content (AvgIpc) is 2.63. The third-order valence-corrected chi connectivity index (χ3v) is 4.60. The number of carbonyl (C=O) groups excluding carboxylic acids is 2. The van der Waals surface area contributed by atoms with Crippen LogP contribution in [0.1, 0.15) is 30.6 Å². The maximum absolute atomic E-state index is 12.4. The Labute approximate surface area is 147 Å². The molecule has 1 heterocycles. The van der Waals surface area contributed by atoms with Gasteiger partial charge in [-0.2, -0.15) is 0 Å². The zero-order valence-corrected chi connectivity index (χ0v) is 15.0. The van der Waals surface area contributed by atoms with E-state index in [1.54, 1.807) is 30.3 Å². The summed E-state index contributed by atoms with van der Waals surface area (Å²) in [5.41, 5.74) is 1.17. The Hall–Kier alpha value is -2.18. The van der Waals surface area contributed by atoms with Gasteiger partial charge in [0.15, 0.2) is 0 Å². The van der Waals surface area contributed by atoms with Gasteiger partial charge in [-0.1, -0.05) is 37.3 Å². The molecule has 0 bridgehead atoms. The molecule has 0 radical (unpaired) electrons. The van der Waals surface area contributed by atoms with E-state index in [0.717, 1.165) is 5.57 Å². The largest absolute Gasteiger partial charge is 0.466 e. The predicted octanol–water partition coefficient (Wildman–Crippen LogP) is 2.73. The Morgan fingerprint density at radius 2 is 1.88 bits per heavy atom. The summed E-state index contributed by atoms with van der Waals surface area (Å²) in [5, 5.41) is 0. The molecule has 25 heavy (non-hydrogen) atoms. The van der Waals surface area contributed by atoms with E-state index in [1.165, 1.54) is 14.2 Å². The molecule has 0 spiro atoms. The van der Waals surface area contributed by atoms with E-state index in [0.29, 0.717) is 5.56 Å². The summed E-state index contributed by atoms with van der Waals surface area (Å²) in [4.78, 5) is 24.8. The molecule has 6 heteroatoms. The van der Waals surface area contributed by atoms with Gasteiger partial charge in [0.1, 0.15) is 0 Å². The standard InChI is InChI=1S/C19H24O6/c1-12-11-19(23-5,25-14(3)13(12)2)16(18(21)22-4)24-17(20)15-9-7-6-8-10-15/h6-10,13-14,16H,1,11H2,2-5H3/t13-,14-,16-,19-/m1/s1. The first-order valence-corrected chi connectivity index (χ1v) is 8.09. The molecule has 0 amide bonds. The van der Waals surface area contributed by atoms with Crippen LogP contribution in [0.5, 0.6) is 0 Å². The van der Waals surface area contributed by atoms with Gasteiger partial charge in [-0.05, 0) is 19.1 Å². The van der Waals surface area contributed by atoms with Gasteiger partial charge in [0, 0.05) is 19.4 Å². The van der Waals surface area contributed by atoms with Crippen molar-refractivity contribution in [3.63, 3.8) is 0 Å². The summed E-state index contributed by atoms with van der Waals surface area (Å²) in [6.45, 7) is 7.88. The molecule has 1 aliphatic rings. The smallest absolute Gasteiger partial charge is 0.352 e. The summed E-state index contributed by atoms with van der Waals surface area (Å²) in [6.07, 6.45) is -1.41. The molecule has 2 rings (SSSR count). The monoisotopic (exact) mass is 348 g/mol. The third-order valence-electron chi connectivity index (χ3n) is 4.60. The number of ether oxygens (including phenoxy) is 4. The summed E-state index contributed by atoms with van der Waals surface area (Å²) >= 11 is 0. The minimum atomic E-state index is -1.47. The van der Waals surface area contributed by atoms with Crippen LogP contribution in [0.4, 0.5) is 0 Å². The average molecular weight is 348 g/mol. The molecule has 0 aromatic heterocycles. The molecule has 1 aromatic rings. The third kappa shape index (κ3) is 3.91. The van der Waals surface area contributed by atoms with Crippen molar-refractivity contribution < 1.29 is 28.5 Å². The van der Waals surface area contributed by atoms with Crippen LogP contribution in [-0.4, -0.2) is 44.2 Å². The zero-order valence-electron chi connectivity index (χ0n) is 15.0. The highest BCUT2D eigenvalue weighted by Crippen LogP contribution is 2.39. The van der Waals surface area contributed by atoms with Gasteiger partial charge in [0.05, 0.1) is 18.8 Å². The molecule has 1 aliphatic heterocycles. The zero-order chi connectivity index (χ0) is 18.6. The van der Waals surface area contributed by atoms with Crippen LogP contribution in [0.2, 0.25) is 0 Å². The van der Waals surface area contributed by atoms with Crippen LogP contribution in [-0.2, 0) is 23.7 Å². The molecular weight excluding hydrogens is 324 g/mol. The Kier molecular flexibility index (Phi) is 5.98. The number of rotatable bonds is 5. The number of esters is 2. The molecule has 0 aliphatic carbocycles. The first-order chi connectivity index (χ1) is 11.8. The first kappa shape index (κ1) is 19.1. The van der Waals surface area contributed by atoms with E-state index in [2.05, 4.69) is 6.58 Å². The second-order valence-corrected chi connectivity index (χ2v) is 6.14. The highest BCUT2D eigenvalue weighted by Gasteiger charge is 2.53. The SMILES string of the molecule is C=C1C[C@](OC)([C@H](OC(=O)c2ccccc2)C(=O)OC)O[C@H](C)[C@@H]1C. The van der Waals surface area contributed by atoms with Crippen LogP contribution < -0.4 is 0 Å². The van der Waals surface area contributed by atoms with Gasteiger partial charge in [0.2, 0.25) is 5.79 Å². The van der Waals surface area contributed by atoms with Gasteiger partial charge in [-0.15, -0.1) is 0 Å². The van der Waals surface area contributed by atoms with Crippen molar-refractivity contribution in [2.24, 2.45) is 5.92 Å². The van der Waals surface area contributed by atoms with Crippen LogP contribution >= 0.6 is 0 Å². The summed E-state index contributed by atoms with van der Waals surface area (Å²) in [6, 6.07) is 8.39. The molecule has 1 saturated heterocycles. The number of methoxy groups -OCH3 is 2. The number of benzene rings is 1. The van der Waals surface area contributed by atoms with E-state index in [1.807, 2.05) is 13.8 Å². The Bertz CT molecular complexity index is 641. The van der Waals surface area contributed by atoms with Crippen LogP contribution in [0, 0.1) is 5.92 Å². The first-order valence-electron chi connectivity index (χ1n) is 8.09. The molecule has 6 nitrogen and oxygen atoms in total. The van der Waals surface area contributed by atoms with Gasteiger partial charge in [0.25, 0.3) is 6.10 Å². The molecule has 0 unspecified atom stereocenters. The lowest BCUT2D eigenvalue weighted by Gasteiger charge is -2.45. The highest BCUT2D eigenvalue weighted by molar-refractivity contribution is 5.91. The summed E-state index contributed by atoms with van der Waals surface area (Å²) in [7, 11) is 2.63. The Balaban J connectivity index is 2.33. The maximum atomic E-state index is 12.4. The molecule has 1 aromatic carbocycles. The topological polar surface area (TPSA) is 71.1 Å². The van der Waals surface area contributed by atoms with E-state index in [9.17, 15) is 9.59 Å². The van der Waals surface area contributed by atoms with Crippen molar-refractivity contribution in [3.8, 4) is 0 Å². The molecule has 1 fully saturated rings. The lowest BCUT2D eigenvalue weighted by molar-refractivity contribution is -0.300. The molecular formula is C19H24O6. The van der Waals surface area contributed by atoms with Crippen molar-refractivity contribution in [1.29, 1.82) is 0 Å². The van der Waals surface area contributed by atoms with Crippen molar-refractivity contribution in [1.82, 2.24) is 0 Å². The lowest BCUT2D eigenvalue weighted by Crippen LogP contribution is -2.58. The molecule has 0 saturated carbocycles. The van der Waals surface area contributed by atoms with Crippen LogP contribution in [0.15, 0.2) is 42.5 Å². The maximum Gasteiger partial charge on any atom is 0.352 e. The molecule has 0 N–H and O–H groups in total. The van der Waals surface area contributed by atoms with Gasteiger partial charge < -0.3 is 18.9 Å². The van der Waals surface area contributed by atoms with Gasteiger partial charge in [-0.3, -0.25) is 0 Å². The minimum Gasteiger partial charge on any atom is -0.466 e. The number of carbonyl (C=O) groups is 2. The fourth-order valence-electron chi connectivity index (χ4n) is 2.82. The van der Waals surface area contributed by atoms with Crippen LogP contribution in [0.3, 0.4) is 0 Å². The van der Waals surface area contributed by atoms with E-state index in [4.69, 9.17) is 18.9 Å². The molecule has 136 valence electrons. The van der Waals surface area contributed by atoms with Gasteiger partial charge >= 0.3 is 11.9 Å². The highest BCUT2D eigenvalue weighted by atomic mass is 16.7. The van der Waals surface area contributed by atoms with Crippen molar-refractivity contribution in [2.45, 2.75) is 38.3 Å². The van der Waals surface area contributed by atoms with Crippen molar-refractivity contribution in [2.75, 3.05) is 14.2 Å². The second-order valence-electron chi connectivity index (χ2n) is 6.14. The van der Waals surface area contributed by atoms with E-state index < -0.39 is 23.8 Å². The molecule has 4 atom stereocenters. The summed E-state index contributed by atoms with van der Waals surface area (Å²) < 4.78 is 21.8. The number of hydrogen-bond acceptors (Lipinski definition) is 6. The quantitative estimate of drug-likeness (QED) is 0.602. The number of hydrogen-bond donors (Lipinski definition) is 0. The Morgan fingerprint density at radius 3 is 2.40 bits per heavy atom. The van der Waals surface area contributed by atoms with Gasteiger partial charge in [-0.25, -0.2) is 9.59 Å². The summed E-state index contributed by atoms with van der Waals surface area (Å²) in [5.74, 6) is -2.79. The minimum absolute atomic E-state index is 0.0893.